The summed E-state index contributed by atoms with van der Waals surface area (Å²) in [6.45, 7) is 14.1. The molecule has 4 aliphatic heterocycles. The van der Waals surface area contributed by atoms with Gasteiger partial charge in [-0.3, -0.25) is 28.4 Å². The van der Waals surface area contributed by atoms with Gasteiger partial charge in [-0.2, -0.15) is 4.31 Å². The first kappa shape index (κ1) is 72.5. The van der Waals surface area contributed by atoms with E-state index in [1.807, 2.05) is 110 Å². The van der Waals surface area contributed by atoms with Crippen molar-refractivity contribution in [2.75, 3.05) is 101 Å². The van der Waals surface area contributed by atoms with Gasteiger partial charge in [-0.05, 0) is 91.2 Å². The summed E-state index contributed by atoms with van der Waals surface area (Å²) in [5.74, 6) is -1.27. The van der Waals surface area contributed by atoms with Gasteiger partial charge in [0.1, 0.15) is 30.9 Å². The van der Waals surface area contributed by atoms with Gasteiger partial charge < -0.3 is 64.3 Å². The Balaban J connectivity index is 0.590. The minimum Gasteiger partial charge on any atom is -0.507 e. The van der Waals surface area contributed by atoms with Crippen LogP contribution >= 0.6 is 27.0 Å². The number of aromatic hydroxyl groups is 1. The predicted molar refractivity (Wildman–Crippen MR) is 385 cm³/mol. The third kappa shape index (κ3) is 16.6. The largest absolute Gasteiger partial charge is 0.507 e. The molecule has 4 saturated heterocycles. The minimum absolute atomic E-state index is 0.133. The molecule has 1 aliphatic carbocycles. The Bertz CT molecular complexity index is 4400. The maximum atomic E-state index is 15.0. The van der Waals surface area contributed by atoms with Crippen molar-refractivity contribution >= 4 is 62.1 Å². The lowest BCUT2D eigenvalue weighted by atomic mass is 9.91. The number of phenols is 1. The normalized spacial score (nSPS) is 20.8. The number of phosphoric acid groups is 2. The lowest BCUT2D eigenvalue weighted by Crippen LogP contribution is -2.54. The number of piperazine rings is 2. The molecule has 6 N–H and O–H groups in total. The quantitative estimate of drug-likeness (QED) is 0.0299. The van der Waals surface area contributed by atoms with Crippen molar-refractivity contribution in [3.05, 3.63) is 161 Å². The van der Waals surface area contributed by atoms with Crippen LogP contribution < -0.4 is 30.3 Å². The van der Waals surface area contributed by atoms with Crippen LogP contribution in [0.3, 0.4) is 0 Å². The second-order valence-corrected chi connectivity index (χ2v) is 30.9. The van der Waals surface area contributed by atoms with E-state index in [1.165, 1.54) is 23.3 Å². The molecule has 0 saturated carbocycles. The summed E-state index contributed by atoms with van der Waals surface area (Å²) in [5.41, 5.74) is 17.3. The van der Waals surface area contributed by atoms with Crippen molar-refractivity contribution in [2.24, 2.45) is 5.92 Å². The number of aryl methyl sites for hydroxylation is 1. The number of nitrogen functional groups attached to an aromatic ring is 1. The number of phenolic OH excluding ortho intramolecular Hbond substituents is 1. The molecule has 9 atom stereocenters. The number of fused-ring (bicyclic) bond motifs is 5. The van der Waals surface area contributed by atoms with Crippen LogP contribution in [-0.2, 0) is 36.8 Å². The van der Waals surface area contributed by atoms with Crippen molar-refractivity contribution in [3.63, 3.8) is 0 Å². The summed E-state index contributed by atoms with van der Waals surface area (Å²) in [7, 11) is -9.46. The van der Waals surface area contributed by atoms with E-state index in [1.54, 1.807) is 50.7 Å². The van der Waals surface area contributed by atoms with Crippen LogP contribution in [0, 0.1) is 12.8 Å². The van der Waals surface area contributed by atoms with Crippen LogP contribution in [0.25, 0.3) is 32.8 Å². The molecule has 4 fully saturated rings. The Morgan fingerprint density at radius 1 is 0.796 bits per heavy atom. The lowest BCUT2D eigenvalue weighted by Gasteiger charge is -2.43. The number of para-hydroxylation sites is 1. The predicted octanol–water partition coefficient (Wildman–Crippen LogP) is 10.2. The van der Waals surface area contributed by atoms with Crippen molar-refractivity contribution in [1.82, 2.24) is 50.2 Å². The van der Waals surface area contributed by atoms with Crippen LogP contribution in [-0.4, -0.2) is 194 Å². The van der Waals surface area contributed by atoms with Crippen molar-refractivity contribution in [2.45, 2.75) is 102 Å². The topological polar surface area (TPSA) is 336 Å². The zero-order chi connectivity index (χ0) is 72.3. The second kappa shape index (κ2) is 31.2. The number of ether oxygens (including phenoxy) is 3. The van der Waals surface area contributed by atoms with E-state index in [4.69, 9.17) is 37.8 Å². The number of benzene rings is 4. The number of hydrogen-bond donors (Lipinski definition) is 5. The number of phosphoric ester groups is 2. The van der Waals surface area contributed by atoms with Crippen LogP contribution in [0.15, 0.2) is 138 Å². The van der Waals surface area contributed by atoms with Crippen LogP contribution in [0.5, 0.6) is 17.5 Å². The van der Waals surface area contributed by atoms with Gasteiger partial charge >= 0.3 is 21.7 Å². The first-order valence-electron chi connectivity index (χ1n) is 34.5. The van der Waals surface area contributed by atoms with Gasteiger partial charge in [0.25, 0.3) is 5.88 Å². The molecular formula is C72H85N13O15P2S. The van der Waals surface area contributed by atoms with Gasteiger partial charge in [-0.15, -0.1) is 21.5 Å². The summed E-state index contributed by atoms with van der Waals surface area (Å²) in [5, 5.41) is 26.3. The molecule has 0 spiro atoms. The van der Waals surface area contributed by atoms with Gasteiger partial charge in [0.2, 0.25) is 17.7 Å². The summed E-state index contributed by atoms with van der Waals surface area (Å²) >= 11 is 1.52. The third-order valence-electron chi connectivity index (χ3n) is 19.8. The van der Waals surface area contributed by atoms with Crippen molar-refractivity contribution in [1.29, 1.82) is 0 Å². The number of carbonyl (C=O) groups excluding carboxylic acids is 3. The molecule has 8 heterocycles. The average Bonchev–Trinajstić information content (AvgIpc) is 1.65. The number of hydrogen-bond acceptors (Lipinski definition) is 24. The molecule has 13 rings (SSSR count). The number of nitrogens with one attached hydrogen (secondary N) is 1. The molecule has 31 heteroatoms. The van der Waals surface area contributed by atoms with E-state index in [9.17, 15) is 33.6 Å². The van der Waals surface area contributed by atoms with Crippen molar-refractivity contribution in [3.8, 4) is 50.3 Å². The minimum atomic E-state index is -5.49. The van der Waals surface area contributed by atoms with E-state index >= 15 is 4.79 Å². The van der Waals surface area contributed by atoms with Crippen molar-refractivity contribution < 1.29 is 70.5 Å². The molecule has 544 valence electrons. The number of amides is 3. The number of carbonyl (C=O) groups is 3. The number of likely N-dealkylation sites (tertiary alicyclic amines) is 1. The molecule has 4 unspecified atom stereocenters. The molecule has 5 aliphatic rings. The van der Waals surface area contributed by atoms with E-state index in [0.717, 1.165) is 106 Å². The van der Waals surface area contributed by atoms with Crippen LogP contribution in [0.1, 0.15) is 93.2 Å². The maximum Gasteiger partial charge on any atom is 0.481 e. The van der Waals surface area contributed by atoms with Gasteiger partial charge in [0.05, 0.1) is 46.2 Å². The Hall–Kier alpha value is -8.86. The number of rotatable bonds is 27. The monoisotopic (exact) mass is 1470 g/mol. The number of thiazole rings is 1. The molecule has 3 amide bonds. The number of nitrogens with zero attached hydrogens (tertiary/aromatic N) is 11. The van der Waals surface area contributed by atoms with Gasteiger partial charge in [-0.1, -0.05) is 98.8 Å². The molecular weight excluding hydrogens is 1380 g/mol. The Morgan fingerprint density at radius 3 is 2.17 bits per heavy atom. The Kier molecular flexibility index (Phi) is 22.0. The molecule has 4 aromatic carbocycles. The van der Waals surface area contributed by atoms with Crippen LogP contribution in [0.4, 0.5) is 22.0 Å². The molecule has 103 heavy (non-hydrogen) atoms. The lowest BCUT2D eigenvalue weighted by molar-refractivity contribution is -0.141. The number of likely N-dealkylation sites (N-methyl/N-ethyl adjacent to an activating group) is 1. The first-order valence-corrected chi connectivity index (χ1v) is 38.4. The Morgan fingerprint density at radius 2 is 1.49 bits per heavy atom. The fourth-order valence-corrected chi connectivity index (χ4v) is 17.7. The summed E-state index contributed by atoms with van der Waals surface area (Å²) in [4.78, 5) is 86.5. The third-order valence-corrected chi connectivity index (χ3v) is 23.5. The molecule has 8 aromatic rings. The van der Waals surface area contributed by atoms with E-state index < -0.39 is 82.8 Å². The number of aromatic nitrogens is 5. The van der Waals surface area contributed by atoms with E-state index in [0.29, 0.717) is 42.7 Å². The van der Waals surface area contributed by atoms with Gasteiger partial charge in [0.15, 0.2) is 17.7 Å². The summed E-state index contributed by atoms with van der Waals surface area (Å²) in [6, 6.07) is 36.2. The Labute approximate surface area is 600 Å². The number of nitrogens with two attached hydrogens (primary N) is 1. The highest BCUT2D eigenvalue weighted by Crippen LogP contribution is 2.61. The smallest absolute Gasteiger partial charge is 0.481 e. The number of anilines is 3. The fraction of sp³-hybridized carbons (Fsp3) is 0.417. The fourth-order valence-electron chi connectivity index (χ4n) is 14.6. The second-order valence-electron chi connectivity index (χ2n) is 27.0. The number of pyridine rings is 1. The zero-order valence-corrected chi connectivity index (χ0v) is 60.6. The summed E-state index contributed by atoms with van der Waals surface area (Å²) in [6.07, 6.45) is 0.704. The van der Waals surface area contributed by atoms with Gasteiger partial charge in [0, 0.05) is 131 Å². The molecule has 2 bridgehead atoms. The molecule has 4 aromatic heterocycles. The average molecular weight is 1470 g/mol. The maximum absolute atomic E-state index is 15.0. The van der Waals surface area contributed by atoms with E-state index in [2.05, 4.69) is 57.2 Å². The SMILES string of the molecule is Cc1ncsc1-c1ccc([C@H](C)NC(=O)[C@@H]2C[C@@H](OP(=O)(O)OP(=O)(O)OCCN(C)C(=O)OC3c4ccccc4-c4ccccc43)CN2C(=O)[C@@H](c2cc(OCCN3CCN(CCOc4cc(N5C6CCC5CN(c5cc(-c7ccccc7O)nnc5N)C6)ccn4)[C@H](C)C3)no2)C(C)C)cc1. The standard InChI is InChI=1S/C72H85N13O15P2S/c1-44(2)66(63-38-65(79-98-63)95-32-30-81-27-28-82(45(3)39-81)31-33-94-64-35-50(25-26-74-64)85-51-23-24-52(85)41-83(40-51)60-37-59(77-78-69(60)73)58-17-11-12-18-62(58)86)71(88)84-42-53(36-61(84)70(87)76-46(4)48-19-21-49(22-20-48)68-47(5)75-43-103-68)99-102(92,93)100-101(90,91)96-34-29-80(6)72(89)97-67-56-15-9-7-13-54(56)55-14-8-10-16-57(55)67/h7-22,25-26,35,37-38,43-46,51-53,61,66-67,86H,23-24,27-34,36,39-42H2,1-6H3,(H2,73,78)(H,76,87)(H,90,91)(H,92,93)/t45-,46+,51?,52?,53-,61+,66-/m1/s1. The highest BCUT2D eigenvalue weighted by Gasteiger charge is 2.48. The summed E-state index contributed by atoms with van der Waals surface area (Å²) < 4.78 is 66.5. The van der Waals surface area contributed by atoms with E-state index in [-0.39, 0.29) is 55.1 Å². The van der Waals surface area contributed by atoms with Gasteiger partial charge in [-0.25, -0.2) is 23.9 Å². The zero-order valence-electron chi connectivity index (χ0n) is 58.0. The highest BCUT2D eigenvalue weighted by molar-refractivity contribution is 7.61. The molecule has 28 nitrogen and oxygen atoms in total. The molecule has 0 radical (unpaired) electrons. The highest BCUT2D eigenvalue weighted by atomic mass is 32.1. The first-order chi connectivity index (χ1) is 49.5. The van der Waals surface area contributed by atoms with Crippen LogP contribution in [0.2, 0.25) is 0 Å².